The summed E-state index contributed by atoms with van der Waals surface area (Å²) in [6, 6.07) is 9.54. The first-order valence-electron chi connectivity index (χ1n) is 10.1. The number of halogens is 3. The molecule has 0 radical (unpaired) electrons. The number of aliphatic hydroxyl groups is 1. The van der Waals surface area contributed by atoms with E-state index in [1.807, 2.05) is 18.2 Å². The summed E-state index contributed by atoms with van der Waals surface area (Å²) < 4.78 is 19.1. The smallest absolute Gasteiger partial charge is 0.221 e. The number of amides is 1. The van der Waals surface area contributed by atoms with Crippen LogP contribution in [0.25, 0.3) is 0 Å². The molecule has 0 aliphatic carbocycles. The molecule has 2 N–H and O–H groups in total. The first kappa shape index (κ1) is 23.8. The van der Waals surface area contributed by atoms with E-state index < -0.39 is 11.9 Å². The largest absolute Gasteiger partial charge is 0.489 e. The van der Waals surface area contributed by atoms with E-state index >= 15 is 0 Å². The first-order valence-corrected chi connectivity index (χ1v) is 10.8. The monoisotopic (exact) mass is 469 g/mol. The summed E-state index contributed by atoms with van der Waals surface area (Å²) in [5.41, 5.74) is 1.48. The van der Waals surface area contributed by atoms with Crippen molar-refractivity contribution in [3.8, 4) is 5.75 Å². The quantitative estimate of drug-likeness (QED) is 0.617. The third-order valence-electron chi connectivity index (χ3n) is 5.01. The average Bonchev–Trinajstić information content (AvgIpc) is 2.72. The summed E-state index contributed by atoms with van der Waals surface area (Å²) in [6.45, 7) is 5.97. The normalized spacial score (nSPS) is 16.2. The molecule has 0 bridgehead atoms. The molecule has 1 amide bonds. The lowest BCUT2D eigenvalue weighted by molar-refractivity contribution is -0.114. The van der Waals surface area contributed by atoms with E-state index in [-0.39, 0.29) is 18.3 Å². The second kappa shape index (κ2) is 11.1. The van der Waals surface area contributed by atoms with Crippen LogP contribution in [0.2, 0.25) is 10.0 Å². The maximum Gasteiger partial charge on any atom is 0.221 e. The molecule has 31 heavy (non-hydrogen) atoms. The summed E-state index contributed by atoms with van der Waals surface area (Å²) in [6.07, 6.45) is -0.741. The number of benzene rings is 2. The van der Waals surface area contributed by atoms with Gasteiger partial charge < -0.3 is 15.2 Å². The minimum absolute atomic E-state index is 0.000470. The Balaban J connectivity index is 1.44. The summed E-state index contributed by atoms with van der Waals surface area (Å²) >= 11 is 12.1. The van der Waals surface area contributed by atoms with Gasteiger partial charge in [0.2, 0.25) is 5.91 Å². The number of nitrogens with zero attached hydrogens (tertiary/aromatic N) is 2. The zero-order valence-electron chi connectivity index (χ0n) is 17.3. The Bertz CT molecular complexity index is 908. The highest BCUT2D eigenvalue weighted by Gasteiger charge is 2.20. The molecule has 9 heteroatoms. The van der Waals surface area contributed by atoms with Crippen LogP contribution in [0.4, 0.5) is 10.1 Å². The number of β-amino-alcohol motifs (C(OH)–C–C–N with tert-alkyl or cyclic N) is 1. The van der Waals surface area contributed by atoms with Crippen LogP contribution in [-0.4, -0.2) is 66.2 Å². The van der Waals surface area contributed by atoms with E-state index in [0.29, 0.717) is 22.3 Å². The fourth-order valence-electron chi connectivity index (χ4n) is 3.47. The lowest BCUT2D eigenvalue weighted by Gasteiger charge is -2.35. The van der Waals surface area contributed by atoms with Gasteiger partial charge in [-0.05, 0) is 29.8 Å². The molecule has 1 aliphatic heterocycles. The van der Waals surface area contributed by atoms with Crippen LogP contribution in [0.1, 0.15) is 12.5 Å². The van der Waals surface area contributed by atoms with Crippen LogP contribution in [0.5, 0.6) is 5.75 Å². The van der Waals surface area contributed by atoms with Crippen molar-refractivity contribution in [3.05, 3.63) is 57.8 Å². The predicted molar refractivity (Wildman–Crippen MR) is 120 cm³/mol. The Morgan fingerprint density at radius 2 is 1.84 bits per heavy atom. The van der Waals surface area contributed by atoms with Gasteiger partial charge in [0, 0.05) is 52.3 Å². The van der Waals surface area contributed by atoms with Crippen molar-refractivity contribution in [1.82, 2.24) is 9.80 Å². The number of carbonyl (C=O) groups is 1. The molecular formula is C22H26Cl2FN3O3. The highest BCUT2D eigenvalue weighted by Crippen LogP contribution is 2.26. The van der Waals surface area contributed by atoms with Crippen LogP contribution < -0.4 is 10.1 Å². The van der Waals surface area contributed by atoms with Crippen molar-refractivity contribution in [3.63, 3.8) is 0 Å². The third-order valence-corrected chi connectivity index (χ3v) is 5.75. The third kappa shape index (κ3) is 7.33. The van der Waals surface area contributed by atoms with Gasteiger partial charge in [0.25, 0.3) is 0 Å². The molecule has 1 unspecified atom stereocenters. The molecule has 1 heterocycles. The topological polar surface area (TPSA) is 65.0 Å². The maximum atomic E-state index is 13.5. The van der Waals surface area contributed by atoms with E-state index in [2.05, 4.69) is 15.1 Å². The summed E-state index contributed by atoms with van der Waals surface area (Å²) in [4.78, 5) is 15.8. The van der Waals surface area contributed by atoms with E-state index in [9.17, 15) is 14.3 Å². The number of anilines is 1. The highest BCUT2D eigenvalue weighted by molar-refractivity contribution is 6.42. The van der Waals surface area contributed by atoms with E-state index in [0.717, 1.165) is 38.3 Å². The Hall–Kier alpha value is -1.90. The van der Waals surface area contributed by atoms with Crippen molar-refractivity contribution in [2.45, 2.75) is 19.6 Å². The van der Waals surface area contributed by atoms with Gasteiger partial charge in [-0.1, -0.05) is 29.3 Å². The summed E-state index contributed by atoms with van der Waals surface area (Å²) in [7, 11) is 0. The van der Waals surface area contributed by atoms with Gasteiger partial charge in [0.15, 0.2) is 0 Å². The first-order chi connectivity index (χ1) is 14.8. The van der Waals surface area contributed by atoms with Gasteiger partial charge in [-0.25, -0.2) is 4.39 Å². The molecule has 0 saturated carbocycles. The van der Waals surface area contributed by atoms with E-state index in [4.69, 9.17) is 27.9 Å². The van der Waals surface area contributed by atoms with Crippen LogP contribution in [0.3, 0.4) is 0 Å². The van der Waals surface area contributed by atoms with E-state index in [1.54, 1.807) is 0 Å². The molecular weight excluding hydrogens is 444 g/mol. The van der Waals surface area contributed by atoms with Gasteiger partial charge in [0.1, 0.15) is 24.3 Å². The molecule has 0 spiro atoms. The minimum Gasteiger partial charge on any atom is -0.489 e. The Kier molecular flexibility index (Phi) is 8.51. The van der Waals surface area contributed by atoms with Crippen LogP contribution in [-0.2, 0) is 11.3 Å². The van der Waals surface area contributed by atoms with Gasteiger partial charge >= 0.3 is 0 Å². The van der Waals surface area contributed by atoms with Gasteiger partial charge in [-0.3, -0.25) is 14.6 Å². The lowest BCUT2D eigenvalue weighted by Crippen LogP contribution is -2.48. The number of aliphatic hydroxyl groups excluding tert-OH is 1. The number of nitrogens with one attached hydrogen (secondary N) is 1. The standard InChI is InChI=1S/C22H26Cl2FN3O3/c1-15(29)26-21-5-3-17(25)11-22(21)31-14-18(30)13-28-8-6-27(7-9-28)12-16-2-4-19(23)20(24)10-16/h2-5,10-11,18,30H,6-9,12-14H2,1H3,(H,26,29). The van der Waals surface area contributed by atoms with Gasteiger partial charge in [0.05, 0.1) is 15.7 Å². The zero-order valence-corrected chi connectivity index (χ0v) is 18.8. The molecule has 1 aliphatic rings. The molecule has 2 aromatic rings. The predicted octanol–water partition coefficient (Wildman–Crippen LogP) is 3.65. The van der Waals surface area contributed by atoms with Crippen LogP contribution >= 0.6 is 23.2 Å². The SMILES string of the molecule is CC(=O)Nc1ccc(F)cc1OCC(O)CN1CCN(Cc2ccc(Cl)c(Cl)c2)CC1. The van der Waals surface area contributed by atoms with Crippen LogP contribution in [0, 0.1) is 5.82 Å². The molecule has 1 fully saturated rings. The molecule has 3 rings (SSSR count). The molecule has 1 saturated heterocycles. The number of carbonyl (C=O) groups excluding carboxylic acids is 1. The van der Waals surface area contributed by atoms with Crippen molar-refractivity contribution >= 4 is 34.8 Å². The van der Waals surface area contributed by atoms with Crippen molar-refractivity contribution in [1.29, 1.82) is 0 Å². The van der Waals surface area contributed by atoms with Crippen molar-refractivity contribution in [2.75, 3.05) is 44.6 Å². The molecule has 168 valence electrons. The molecule has 0 aromatic heterocycles. The number of hydrogen-bond donors (Lipinski definition) is 2. The van der Waals surface area contributed by atoms with Crippen LogP contribution in [0.15, 0.2) is 36.4 Å². The number of rotatable bonds is 8. The summed E-state index contributed by atoms with van der Waals surface area (Å²) in [5, 5.41) is 14.1. The molecule has 2 aromatic carbocycles. The van der Waals surface area contributed by atoms with Gasteiger partial charge in [-0.2, -0.15) is 0 Å². The van der Waals surface area contributed by atoms with Crippen molar-refractivity contribution < 1.29 is 19.0 Å². The van der Waals surface area contributed by atoms with Crippen molar-refractivity contribution in [2.24, 2.45) is 0 Å². The maximum absolute atomic E-state index is 13.5. The molecule has 6 nitrogen and oxygen atoms in total. The minimum atomic E-state index is -0.741. The number of piperazine rings is 1. The average molecular weight is 470 g/mol. The van der Waals surface area contributed by atoms with E-state index in [1.165, 1.54) is 25.1 Å². The highest BCUT2D eigenvalue weighted by atomic mass is 35.5. The second-order valence-corrected chi connectivity index (χ2v) is 8.43. The number of hydrogen-bond acceptors (Lipinski definition) is 5. The lowest BCUT2D eigenvalue weighted by atomic mass is 10.2. The Morgan fingerprint density at radius 1 is 1.13 bits per heavy atom. The van der Waals surface area contributed by atoms with Gasteiger partial charge in [-0.15, -0.1) is 0 Å². The molecule has 1 atom stereocenters. The zero-order chi connectivity index (χ0) is 22.4. The summed E-state index contributed by atoms with van der Waals surface area (Å²) in [5.74, 6) is -0.562. The number of ether oxygens (including phenoxy) is 1. The fraction of sp³-hybridized carbons (Fsp3) is 0.409. The Morgan fingerprint density at radius 3 is 2.52 bits per heavy atom. The fourth-order valence-corrected chi connectivity index (χ4v) is 3.79. The Labute approximate surface area is 191 Å². The second-order valence-electron chi connectivity index (χ2n) is 7.61.